The van der Waals surface area contributed by atoms with Crippen molar-refractivity contribution in [1.29, 1.82) is 0 Å². The number of para-hydroxylation sites is 1. The molecule has 2 unspecified atom stereocenters. The smallest absolute Gasteiger partial charge is 0.255 e. The first kappa shape index (κ1) is 21.3. The summed E-state index contributed by atoms with van der Waals surface area (Å²) in [5, 5.41) is 2.71. The summed E-state index contributed by atoms with van der Waals surface area (Å²) >= 11 is 0.0893. The van der Waals surface area contributed by atoms with Crippen LogP contribution in [-0.4, -0.2) is 28.7 Å². The van der Waals surface area contributed by atoms with E-state index in [0.717, 1.165) is 16.3 Å². The first-order valence-corrected chi connectivity index (χ1v) is 11.7. The molecule has 8 heteroatoms. The molecule has 0 bridgehead atoms. The second-order valence-electron chi connectivity index (χ2n) is 7.06. The standard InChI is InChI=1S/C23H21N3O3S2/c1-15-23(28)26(2)20-14-16(8-13-21(20)30-15)22(27)24-17-9-11-19(12-10-17)31(29)25-18-6-4-3-5-7-18/h3-15,25H,1-2H3,(H,24,27). The second-order valence-corrected chi connectivity index (χ2v) is 9.65. The van der Waals surface area contributed by atoms with Gasteiger partial charge >= 0.3 is 0 Å². The summed E-state index contributed by atoms with van der Waals surface area (Å²) < 4.78 is 15.4. The van der Waals surface area contributed by atoms with Crippen LogP contribution in [0.4, 0.5) is 17.1 Å². The van der Waals surface area contributed by atoms with E-state index in [4.69, 9.17) is 0 Å². The predicted octanol–water partition coefficient (Wildman–Crippen LogP) is 4.53. The van der Waals surface area contributed by atoms with Crippen LogP contribution in [0.1, 0.15) is 17.3 Å². The number of anilines is 3. The van der Waals surface area contributed by atoms with Crippen LogP contribution < -0.4 is 14.9 Å². The third-order valence-electron chi connectivity index (χ3n) is 4.88. The van der Waals surface area contributed by atoms with Crippen molar-refractivity contribution in [3.05, 3.63) is 78.4 Å². The maximum atomic E-state index is 12.7. The molecule has 1 aliphatic heterocycles. The zero-order valence-corrected chi connectivity index (χ0v) is 18.6. The number of amides is 2. The number of hydrogen-bond donors (Lipinski definition) is 2. The molecule has 1 aliphatic rings. The van der Waals surface area contributed by atoms with Gasteiger partial charge in [-0.2, -0.15) is 0 Å². The highest BCUT2D eigenvalue weighted by molar-refractivity contribution is 8.01. The first-order chi connectivity index (χ1) is 14.9. The fourth-order valence-corrected chi connectivity index (χ4v) is 5.14. The van der Waals surface area contributed by atoms with E-state index in [0.29, 0.717) is 16.1 Å². The van der Waals surface area contributed by atoms with Crippen molar-refractivity contribution in [1.82, 2.24) is 0 Å². The van der Waals surface area contributed by atoms with Gasteiger partial charge in [-0.25, -0.2) is 4.72 Å². The lowest BCUT2D eigenvalue weighted by Crippen LogP contribution is -2.36. The van der Waals surface area contributed by atoms with E-state index in [1.54, 1.807) is 48.3 Å². The molecule has 6 nitrogen and oxygen atoms in total. The summed E-state index contributed by atoms with van der Waals surface area (Å²) in [5.74, 6) is -0.258. The molecule has 0 radical (unpaired) electrons. The molecular weight excluding hydrogens is 430 g/mol. The van der Waals surface area contributed by atoms with Gasteiger partial charge < -0.3 is 14.8 Å². The van der Waals surface area contributed by atoms with E-state index in [9.17, 15) is 14.1 Å². The number of hydrogen-bond acceptors (Lipinski definition) is 5. The largest absolute Gasteiger partial charge is 0.588 e. The summed E-state index contributed by atoms with van der Waals surface area (Å²) in [7, 11) is 1.72. The molecule has 0 saturated heterocycles. The molecular formula is C23H21N3O3S2. The van der Waals surface area contributed by atoms with Crippen LogP contribution >= 0.6 is 11.8 Å². The van der Waals surface area contributed by atoms with Crippen molar-refractivity contribution in [2.45, 2.75) is 22.0 Å². The summed E-state index contributed by atoms with van der Waals surface area (Å²) in [4.78, 5) is 28.1. The van der Waals surface area contributed by atoms with Crippen molar-refractivity contribution in [2.24, 2.45) is 0 Å². The van der Waals surface area contributed by atoms with E-state index in [1.807, 2.05) is 43.3 Å². The Morgan fingerprint density at radius 1 is 1.03 bits per heavy atom. The van der Waals surface area contributed by atoms with Crippen molar-refractivity contribution in [3.63, 3.8) is 0 Å². The lowest BCUT2D eigenvalue weighted by Gasteiger charge is -2.29. The van der Waals surface area contributed by atoms with Gasteiger partial charge in [0.25, 0.3) is 5.91 Å². The van der Waals surface area contributed by atoms with Gasteiger partial charge in [0, 0.05) is 23.2 Å². The molecule has 4 rings (SSSR count). The Morgan fingerprint density at radius 2 is 1.74 bits per heavy atom. The number of benzene rings is 3. The summed E-state index contributed by atoms with van der Waals surface area (Å²) in [6.07, 6.45) is 0. The van der Waals surface area contributed by atoms with Crippen molar-refractivity contribution < 1.29 is 14.1 Å². The van der Waals surface area contributed by atoms with Crippen LogP contribution in [0.3, 0.4) is 0 Å². The molecule has 31 heavy (non-hydrogen) atoms. The summed E-state index contributed by atoms with van der Waals surface area (Å²) in [6, 6.07) is 21.5. The van der Waals surface area contributed by atoms with E-state index in [2.05, 4.69) is 10.0 Å². The molecule has 3 aromatic rings. The van der Waals surface area contributed by atoms with E-state index < -0.39 is 11.4 Å². The summed E-state index contributed by atoms with van der Waals surface area (Å²) in [5.41, 5.74) is 2.56. The van der Waals surface area contributed by atoms with Gasteiger partial charge in [0.1, 0.15) is 11.4 Å². The Hall–Kier alpha value is -2.94. The van der Waals surface area contributed by atoms with Crippen LogP contribution in [0.5, 0.6) is 0 Å². The average molecular weight is 452 g/mol. The molecule has 0 saturated carbocycles. The maximum absolute atomic E-state index is 12.7. The zero-order valence-electron chi connectivity index (χ0n) is 17.0. The molecule has 2 atom stereocenters. The topological polar surface area (TPSA) is 84.5 Å². The number of thioether (sulfide) groups is 1. The van der Waals surface area contributed by atoms with Crippen molar-refractivity contribution in [3.8, 4) is 0 Å². The lowest BCUT2D eigenvalue weighted by molar-refractivity contribution is -0.117. The number of carbonyl (C=O) groups is 2. The number of nitrogens with zero attached hydrogens (tertiary/aromatic N) is 1. The molecule has 3 aromatic carbocycles. The molecule has 2 amide bonds. The Bertz CT molecular complexity index is 1110. The minimum Gasteiger partial charge on any atom is -0.588 e. The minimum atomic E-state index is -1.41. The van der Waals surface area contributed by atoms with Gasteiger partial charge in [0.2, 0.25) is 5.91 Å². The van der Waals surface area contributed by atoms with Gasteiger partial charge in [-0.3, -0.25) is 9.59 Å². The maximum Gasteiger partial charge on any atom is 0.255 e. The van der Waals surface area contributed by atoms with Gasteiger partial charge in [-0.1, -0.05) is 18.2 Å². The van der Waals surface area contributed by atoms with E-state index >= 15 is 0 Å². The minimum absolute atomic E-state index is 0.0164. The van der Waals surface area contributed by atoms with Crippen LogP contribution in [-0.2, 0) is 16.2 Å². The van der Waals surface area contributed by atoms with E-state index in [1.165, 1.54) is 11.8 Å². The fourth-order valence-electron chi connectivity index (χ4n) is 3.19. The van der Waals surface area contributed by atoms with Crippen LogP contribution in [0, 0.1) is 0 Å². The third-order valence-corrected chi connectivity index (χ3v) is 7.15. The normalized spacial score (nSPS) is 16.4. The second kappa shape index (κ2) is 9.05. The molecule has 0 spiro atoms. The Kier molecular flexibility index (Phi) is 6.22. The Balaban J connectivity index is 1.44. The molecule has 0 aromatic heterocycles. The molecule has 158 valence electrons. The predicted molar refractivity (Wildman–Crippen MR) is 126 cm³/mol. The third kappa shape index (κ3) is 4.71. The molecule has 0 fully saturated rings. The molecule has 0 aliphatic carbocycles. The monoisotopic (exact) mass is 451 g/mol. The lowest BCUT2D eigenvalue weighted by atomic mass is 10.1. The Morgan fingerprint density at radius 3 is 2.45 bits per heavy atom. The first-order valence-electron chi connectivity index (χ1n) is 9.65. The molecule has 1 heterocycles. The number of rotatable bonds is 5. The van der Waals surface area contributed by atoms with Gasteiger partial charge in [-0.15, -0.1) is 11.8 Å². The highest BCUT2D eigenvalue weighted by atomic mass is 32.2. The van der Waals surface area contributed by atoms with Gasteiger partial charge in [0.15, 0.2) is 4.90 Å². The highest BCUT2D eigenvalue weighted by Crippen LogP contribution is 2.38. The number of carbonyl (C=O) groups excluding carboxylic acids is 2. The van der Waals surface area contributed by atoms with Gasteiger partial charge in [0.05, 0.1) is 16.6 Å². The molecule has 2 N–H and O–H groups in total. The fraction of sp³-hybridized carbons (Fsp3) is 0.130. The van der Waals surface area contributed by atoms with Crippen LogP contribution in [0.2, 0.25) is 0 Å². The van der Waals surface area contributed by atoms with Crippen molar-refractivity contribution in [2.75, 3.05) is 22.0 Å². The highest BCUT2D eigenvalue weighted by Gasteiger charge is 2.28. The van der Waals surface area contributed by atoms with Crippen molar-refractivity contribution >= 4 is 52.0 Å². The van der Waals surface area contributed by atoms with Gasteiger partial charge in [-0.05, 0) is 61.5 Å². The summed E-state index contributed by atoms with van der Waals surface area (Å²) in [6.45, 7) is 1.87. The van der Waals surface area contributed by atoms with E-state index in [-0.39, 0.29) is 17.1 Å². The SMILES string of the molecule is CC1Sc2ccc(C(=O)Nc3ccc([S+]([O-])Nc4ccccc4)cc3)cc2N(C)C1=O. The van der Waals surface area contributed by atoms with Crippen LogP contribution in [0.15, 0.2) is 82.6 Å². The van der Waals surface area contributed by atoms with Crippen LogP contribution in [0.25, 0.3) is 0 Å². The Labute approximate surface area is 188 Å². The quantitative estimate of drug-likeness (QED) is 0.557. The zero-order chi connectivity index (χ0) is 22.0. The number of fused-ring (bicyclic) bond motifs is 1. The number of nitrogens with one attached hydrogen (secondary N) is 2. The average Bonchev–Trinajstić information content (AvgIpc) is 2.78.